The molecule has 1 aliphatic heterocycles. The first-order chi connectivity index (χ1) is 9.26. The minimum Gasteiger partial charge on any atom is -0.493 e. The van der Waals surface area contributed by atoms with Gasteiger partial charge in [-0.25, -0.2) is 4.98 Å². The third kappa shape index (κ3) is 2.59. The van der Waals surface area contributed by atoms with E-state index in [-0.39, 0.29) is 0 Å². The molecule has 0 radical (unpaired) electrons. The molecule has 0 aliphatic carbocycles. The molecule has 0 spiro atoms. The van der Waals surface area contributed by atoms with Crippen molar-refractivity contribution in [3.8, 4) is 5.75 Å². The lowest BCUT2D eigenvalue weighted by Gasteiger charge is -2.28. The molecule has 0 atom stereocenters. The van der Waals surface area contributed by atoms with Gasteiger partial charge in [-0.15, -0.1) is 0 Å². The Morgan fingerprint density at radius 1 is 1.37 bits per heavy atom. The highest BCUT2D eigenvalue weighted by Crippen LogP contribution is 2.23. The number of piperidine rings is 1. The molecule has 0 aromatic carbocycles. The van der Waals surface area contributed by atoms with Crippen LogP contribution in [0.3, 0.4) is 0 Å². The van der Waals surface area contributed by atoms with Crippen molar-refractivity contribution < 1.29 is 4.74 Å². The molecule has 1 fully saturated rings. The number of ether oxygens (including phenoxy) is 1. The normalized spacial score (nSPS) is 18.0. The molecule has 4 heteroatoms. The zero-order valence-electron chi connectivity index (χ0n) is 11.7. The van der Waals surface area contributed by atoms with Crippen molar-refractivity contribution in [1.29, 1.82) is 0 Å². The van der Waals surface area contributed by atoms with Crippen molar-refractivity contribution >= 4 is 5.65 Å². The molecule has 4 nitrogen and oxygen atoms in total. The maximum atomic E-state index is 5.35. The lowest BCUT2D eigenvalue weighted by atomic mass is 9.93. The van der Waals surface area contributed by atoms with Crippen molar-refractivity contribution in [2.24, 2.45) is 5.92 Å². The van der Waals surface area contributed by atoms with Crippen LogP contribution in [0.4, 0.5) is 0 Å². The number of fused-ring (bicyclic) bond motifs is 1. The molecule has 2 aromatic heterocycles. The van der Waals surface area contributed by atoms with E-state index in [0.29, 0.717) is 0 Å². The van der Waals surface area contributed by atoms with Crippen LogP contribution in [-0.2, 0) is 6.42 Å². The Bertz CT molecular complexity index is 556. The van der Waals surface area contributed by atoms with Crippen molar-refractivity contribution in [2.75, 3.05) is 27.2 Å². The molecule has 2 aromatic rings. The number of pyridine rings is 1. The lowest BCUT2D eigenvalue weighted by molar-refractivity contribution is 0.218. The van der Waals surface area contributed by atoms with Gasteiger partial charge in [0, 0.05) is 12.4 Å². The van der Waals surface area contributed by atoms with E-state index >= 15 is 0 Å². The Hall–Kier alpha value is -1.55. The lowest BCUT2D eigenvalue weighted by Crippen LogP contribution is -2.30. The number of imidazole rings is 1. The van der Waals surface area contributed by atoms with Gasteiger partial charge in [0.05, 0.1) is 12.8 Å². The van der Waals surface area contributed by atoms with Gasteiger partial charge in [0.15, 0.2) is 11.4 Å². The van der Waals surface area contributed by atoms with Gasteiger partial charge in [0.2, 0.25) is 0 Å². The Morgan fingerprint density at radius 2 is 2.16 bits per heavy atom. The van der Waals surface area contributed by atoms with Crippen LogP contribution in [0.5, 0.6) is 5.75 Å². The number of hydrogen-bond acceptors (Lipinski definition) is 3. The summed E-state index contributed by atoms with van der Waals surface area (Å²) in [6.45, 7) is 2.42. The highest BCUT2D eigenvalue weighted by molar-refractivity contribution is 5.54. The second-order valence-electron chi connectivity index (χ2n) is 5.49. The number of nitrogens with zero attached hydrogens (tertiary/aromatic N) is 3. The van der Waals surface area contributed by atoms with Gasteiger partial charge in [-0.05, 0) is 57.5 Å². The van der Waals surface area contributed by atoms with Gasteiger partial charge in [-0.3, -0.25) is 0 Å². The molecule has 3 rings (SSSR count). The van der Waals surface area contributed by atoms with E-state index in [1.54, 1.807) is 7.11 Å². The smallest absolute Gasteiger partial charge is 0.179 e. The molecule has 19 heavy (non-hydrogen) atoms. The second kappa shape index (κ2) is 5.21. The van der Waals surface area contributed by atoms with E-state index in [1.807, 2.05) is 18.3 Å². The largest absolute Gasteiger partial charge is 0.493 e. The minimum atomic E-state index is 0.770. The quantitative estimate of drug-likeness (QED) is 0.846. The Kier molecular flexibility index (Phi) is 3.42. The van der Waals surface area contributed by atoms with Gasteiger partial charge in [0.25, 0.3) is 0 Å². The van der Waals surface area contributed by atoms with Crippen LogP contribution in [0.25, 0.3) is 5.65 Å². The summed E-state index contributed by atoms with van der Waals surface area (Å²) in [5, 5.41) is 0. The van der Waals surface area contributed by atoms with Crippen LogP contribution < -0.4 is 4.74 Å². The SMILES string of the molecule is COc1cccn2cc(CC3CCN(C)CC3)nc12. The van der Waals surface area contributed by atoms with Crippen molar-refractivity contribution in [3.05, 3.63) is 30.2 Å². The van der Waals surface area contributed by atoms with Crippen LogP contribution in [0.15, 0.2) is 24.5 Å². The van der Waals surface area contributed by atoms with Crippen molar-refractivity contribution in [3.63, 3.8) is 0 Å². The first kappa shape index (κ1) is 12.5. The third-order valence-electron chi connectivity index (χ3n) is 4.05. The summed E-state index contributed by atoms with van der Waals surface area (Å²) < 4.78 is 7.41. The Balaban J connectivity index is 1.78. The van der Waals surface area contributed by atoms with Gasteiger partial charge in [0.1, 0.15) is 0 Å². The van der Waals surface area contributed by atoms with Crippen LogP contribution in [0.1, 0.15) is 18.5 Å². The van der Waals surface area contributed by atoms with E-state index in [0.717, 1.165) is 23.7 Å². The number of rotatable bonds is 3. The van der Waals surface area contributed by atoms with Gasteiger partial charge >= 0.3 is 0 Å². The monoisotopic (exact) mass is 259 g/mol. The zero-order valence-corrected chi connectivity index (χ0v) is 11.7. The third-order valence-corrected chi connectivity index (χ3v) is 4.05. The topological polar surface area (TPSA) is 29.8 Å². The molecule has 3 heterocycles. The molecule has 1 saturated heterocycles. The van der Waals surface area contributed by atoms with Crippen LogP contribution in [-0.4, -0.2) is 41.5 Å². The second-order valence-corrected chi connectivity index (χ2v) is 5.49. The van der Waals surface area contributed by atoms with Crippen LogP contribution in [0, 0.1) is 5.92 Å². The number of hydrogen-bond donors (Lipinski definition) is 0. The van der Waals surface area contributed by atoms with Crippen molar-refractivity contribution in [1.82, 2.24) is 14.3 Å². The summed E-state index contributed by atoms with van der Waals surface area (Å²) in [5.74, 6) is 1.62. The highest BCUT2D eigenvalue weighted by atomic mass is 16.5. The van der Waals surface area contributed by atoms with E-state index in [1.165, 1.54) is 31.6 Å². The first-order valence-corrected chi connectivity index (χ1v) is 6.95. The maximum absolute atomic E-state index is 5.35. The fourth-order valence-electron chi connectivity index (χ4n) is 2.86. The predicted molar refractivity (Wildman–Crippen MR) is 75.7 cm³/mol. The van der Waals surface area contributed by atoms with Gasteiger partial charge in [-0.1, -0.05) is 0 Å². The van der Waals surface area contributed by atoms with Crippen LogP contribution >= 0.6 is 0 Å². The molecule has 0 bridgehead atoms. The summed E-state index contributed by atoms with van der Waals surface area (Å²) in [6, 6.07) is 3.95. The minimum absolute atomic E-state index is 0.770. The summed E-state index contributed by atoms with van der Waals surface area (Å²) in [4.78, 5) is 7.13. The Labute approximate surface area is 114 Å². The predicted octanol–water partition coefficient (Wildman–Crippen LogP) is 2.23. The van der Waals surface area contributed by atoms with E-state index in [2.05, 4.69) is 22.5 Å². The van der Waals surface area contributed by atoms with Gasteiger partial charge in [-0.2, -0.15) is 0 Å². The van der Waals surface area contributed by atoms with E-state index in [9.17, 15) is 0 Å². The molecule has 0 N–H and O–H groups in total. The van der Waals surface area contributed by atoms with E-state index < -0.39 is 0 Å². The highest BCUT2D eigenvalue weighted by Gasteiger charge is 2.18. The van der Waals surface area contributed by atoms with Crippen molar-refractivity contribution in [2.45, 2.75) is 19.3 Å². The average molecular weight is 259 g/mol. The van der Waals surface area contributed by atoms with Crippen LogP contribution in [0.2, 0.25) is 0 Å². The standard InChI is InChI=1S/C15H21N3O/c1-17-8-5-12(6-9-17)10-13-11-18-7-3-4-14(19-2)15(18)16-13/h3-4,7,11-12H,5-6,8-10H2,1-2H3. The fraction of sp³-hybridized carbons (Fsp3) is 0.533. The Morgan fingerprint density at radius 3 is 2.89 bits per heavy atom. The maximum Gasteiger partial charge on any atom is 0.179 e. The molecule has 1 aliphatic rings. The molecule has 0 unspecified atom stereocenters. The number of methoxy groups -OCH3 is 1. The fourth-order valence-corrected chi connectivity index (χ4v) is 2.86. The summed E-state index contributed by atoms with van der Waals surface area (Å²) >= 11 is 0. The molecular weight excluding hydrogens is 238 g/mol. The summed E-state index contributed by atoms with van der Waals surface area (Å²) in [6.07, 6.45) is 7.81. The molecule has 102 valence electrons. The number of likely N-dealkylation sites (tertiary alicyclic amines) is 1. The first-order valence-electron chi connectivity index (χ1n) is 6.95. The molecule has 0 saturated carbocycles. The molecule has 0 amide bonds. The molecular formula is C15H21N3O. The summed E-state index contributed by atoms with van der Waals surface area (Å²) in [7, 11) is 3.90. The summed E-state index contributed by atoms with van der Waals surface area (Å²) in [5.41, 5.74) is 2.10. The average Bonchev–Trinajstić information content (AvgIpc) is 2.83. The van der Waals surface area contributed by atoms with E-state index in [4.69, 9.17) is 9.72 Å². The number of aromatic nitrogens is 2. The van der Waals surface area contributed by atoms with Gasteiger partial charge < -0.3 is 14.0 Å². The zero-order chi connectivity index (χ0) is 13.2.